The van der Waals surface area contributed by atoms with Crippen molar-refractivity contribution in [3.63, 3.8) is 0 Å². The van der Waals surface area contributed by atoms with Gasteiger partial charge >= 0.3 is 0 Å². The molecule has 0 bridgehead atoms. The molecule has 5 nitrogen and oxygen atoms in total. The third-order valence-electron chi connectivity index (χ3n) is 3.58. The fraction of sp³-hybridized carbons (Fsp3) is 0.188. The third kappa shape index (κ3) is 2.69. The summed E-state index contributed by atoms with van der Waals surface area (Å²) in [6.07, 6.45) is 0. The highest BCUT2D eigenvalue weighted by Gasteiger charge is 2.15. The fourth-order valence-corrected chi connectivity index (χ4v) is 3.35. The second-order valence-corrected chi connectivity index (χ2v) is 6.36. The summed E-state index contributed by atoms with van der Waals surface area (Å²) in [5, 5.41) is 11.9. The van der Waals surface area contributed by atoms with Gasteiger partial charge in [-0.3, -0.25) is 10.1 Å². The molecule has 3 rings (SSSR count). The van der Waals surface area contributed by atoms with Crippen LogP contribution in [0.1, 0.15) is 17.7 Å². The van der Waals surface area contributed by atoms with Crippen LogP contribution in [0.5, 0.6) is 0 Å². The molecule has 1 heterocycles. The van der Waals surface area contributed by atoms with Crippen LogP contribution in [-0.2, 0) is 7.05 Å². The largest absolute Gasteiger partial charge is 0.322 e. The summed E-state index contributed by atoms with van der Waals surface area (Å²) in [6.45, 7) is 2.03. The maximum atomic E-state index is 10.9. The summed E-state index contributed by atoms with van der Waals surface area (Å²) in [6, 6.07) is 14.7. The zero-order valence-electron chi connectivity index (χ0n) is 12.3. The Bertz CT molecular complexity index is 844. The standard InChI is InChI=1S/C16H15N3O2S/c1-11(12-6-5-7-13(10-12)19(20)21)22-16-17-14-8-3-4-9-15(14)18(16)2/h3-11H,1-2H3. The van der Waals surface area contributed by atoms with Gasteiger partial charge in [0.05, 0.1) is 16.0 Å². The van der Waals surface area contributed by atoms with Crippen molar-refractivity contribution >= 4 is 28.5 Å². The molecule has 0 fully saturated rings. The van der Waals surface area contributed by atoms with Crippen molar-refractivity contribution < 1.29 is 4.92 Å². The van der Waals surface area contributed by atoms with Crippen LogP contribution in [0.15, 0.2) is 53.7 Å². The third-order valence-corrected chi connectivity index (χ3v) is 4.78. The van der Waals surface area contributed by atoms with Gasteiger partial charge in [0, 0.05) is 24.4 Å². The lowest BCUT2D eigenvalue weighted by molar-refractivity contribution is -0.384. The van der Waals surface area contributed by atoms with E-state index < -0.39 is 0 Å². The van der Waals surface area contributed by atoms with Crippen LogP contribution in [0.2, 0.25) is 0 Å². The Hall–Kier alpha value is -2.34. The van der Waals surface area contributed by atoms with Crippen molar-refractivity contribution in [2.45, 2.75) is 17.3 Å². The number of fused-ring (bicyclic) bond motifs is 1. The Morgan fingerprint density at radius 1 is 1.23 bits per heavy atom. The van der Waals surface area contributed by atoms with Gasteiger partial charge in [-0.15, -0.1) is 0 Å². The van der Waals surface area contributed by atoms with Crippen molar-refractivity contribution in [2.75, 3.05) is 0 Å². The molecule has 6 heteroatoms. The number of para-hydroxylation sites is 2. The number of hydrogen-bond acceptors (Lipinski definition) is 4. The molecule has 0 amide bonds. The number of imidazole rings is 1. The second kappa shape index (κ2) is 5.81. The summed E-state index contributed by atoms with van der Waals surface area (Å²) < 4.78 is 2.05. The van der Waals surface area contributed by atoms with Gasteiger partial charge in [-0.2, -0.15) is 0 Å². The number of thioether (sulfide) groups is 1. The average molecular weight is 313 g/mol. The van der Waals surface area contributed by atoms with Gasteiger partial charge in [0.25, 0.3) is 5.69 Å². The van der Waals surface area contributed by atoms with E-state index in [0.29, 0.717) is 0 Å². The van der Waals surface area contributed by atoms with Crippen molar-refractivity contribution in [1.82, 2.24) is 9.55 Å². The molecule has 0 aliphatic rings. The Morgan fingerprint density at radius 3 is 2.73 bits per heavy atom. The highest BCUT2D eigenvalue weighted by Crippen LogP contribution is 2.36. The zero-order chi connectivity index (χ0) is 15.7. The summed E-state index contributed by atoms with van der Waals surface area (Å²) in [5.74, 6) is 0. The molecule has 1 atom stereocenters. The Balaban J connectivity index is 1.89. The summed E-state index contributed by atoms with van der Waals surface area (Å²) in [7, 11) is 1.98. The molecule has 3 aromatic rings. The van der Waals surface area contributed by atoms with E-state index in [1.165, 1.54) is 6.07 Å². The van der Waals surface area contributed by atoms with Crippen molar-refractivity contribution in [3.05, 3.63) is 64.2 Å². The number of non-ortho nitro benzene ring substituents is 1. The first-order valence-corrected chi connectivity index (χ1v) is 7.76. The summed E-state index contributed by atoms with van der Waals surface area (Å²) in [4.78, 5) is 15.2. The quantitative estimate of drug-likeness (QED) is 0.408. The maximum absolute atomic E-state index is 10.9. The van der Waals surface area contributed by atoms with E-state index in [9.17, 15) is 10.1 Å². The van der Waals surface area contributed by atoms with E-state index in [1.807, 2.05) is 48.9 Å². The fourth-order valence-electron chi connectivity index (χ4n) is 2.35. The predicted octanol–water partition coefficient (Wildman–Crippen LogP) is 4.33. The molecule has 1 unspecified atom stereocenters. The SMILES string of the molecule is CC(Sc1nc2ccccc2n1C)c1cccc([N+](=O)[O-])c1. The van der Waals surface area contributed by atoms with Crippen molar-refractivity contribution in [2.24, 2.45) is 7.05 Å². The van der Waals surface area contributed by atoms with E-state index >= 15 is 0 Å². The molecule has 112 valence electrons. The number of nitro groups is 1. The molecule has 0 N–H and O–H groups in total. The Kier molecular flexibility index (Phi) is 3.85. The maximum Gasteiger partial charge on any atom is 0.269 e. The number of aromatic nitrogens is 2. The monoisotopic (exact) mass is 313 g/mol. The highest BCUT2D eigenvalue weighted by molar-refractivity contribution is 7.99. The molecule has 0 aliphatic heterocycles. The van der Waals surface area contributed by atoms with Gasteiger partial charge in [-0.25, -0.2) is 4.98 Å². The van der Waals surface area contributed by atoms with Crippen LogP contribution in [-0.4, -0.2) is 14.5 Å². The van der Waals surface area contributed by atoms with Crippen LogP contribution in [0.25, 0.3) is 11.0 Å². The van der Waals surface area contributed by atoms with E-state index in [2.05, 4.69) is 4.98 Å². The lowest BCUT2D eigenvalue weighted by atomic mass is 10.1. The Morgan fingerprint density at radius 2 is 2.00 bits per heavy atom. The molecular weight excluding hydrogens is 298 g/mol. The van der Waals surface area contributed by atoms with Gasteiger partial charge < -0.3 is 4.57 Å². The van der Waals surface area contributed by atoms with Crippen LogP contribution in [0.3, 0.4) is 0 Å². The molecule has 0 aliphatic carbocycles. The molecule has 0 saturated carbocycles. The summed E-state index contributed by atoms with van der Waals surface area (Å²) in [5.41, 5.74) is 3.08. The number of benzene rings is 2. The number of hydrogen-bond donors (Lipinski definition) is 0. The van der Waals surface area contributed by atoms with E-state index in [1.54, 1.807) is 23.9 Å². The molecular formula is C16H15N3O2S. The smallest absolute Gasteiger partial charge is 0.269 e. The molecule has 1 aromatic heterocycles. The topological polar surface area (TPSA) is 61.0 Å². The van der Waals surface area contributed by atoms with Gasteiger partial charge in [0.2, 0.25) is 0 Å². The minimum atomic E-state index is -0.365. The highest BCUT2D eigenvalue weighted by atomic mass is 32.2. The zero-order valence-corrected chi connectivity index (χ0v) is 13.1. The number of nitro benzene ring substituents is 1. The second-order valence-electron chi connectivity index (χ2n) is 5.05. The van der Waals surface area contributed by atoms with Crippen LogP contribution in [0, 0.1) is 10.1 Å². The lowest BCUT2D eigenvalue weighted by Gasteiger charge is -2.11. The van der Waals surface area contributed by atoms with Gasteiger partial charge in [0.1, 0.15) is 0 Å². The van der Waals surface area contributed by atoms with Gasteiger partial charge in [-0.1, -0.05) is 36.0 Å². The van der Waals surface area contributed by atoms with Gasteiger partial charge in [0.15, 0.2) is 5.16 Å². The first-order valence-electron chi connectivity index (χ1n) is 6.88. The van der Waals surface area contributed by atoms with E-state index in [-0.39, 0.29) is 15.9 Å². The molecule has 2 aromatic carbocycles. The predicted molar refractivity (Wildman–Crippen MR) is 88.1 cm³/mol. The lowest BCUT2D eigenvalue weighted by Crippen LogP contribution is -1.96. The molecule has 0 saturated heterocycles. The molecule has 0 radical (unpaired) electrons. The minimum Gasteiger partial charge on any atom is -0.322 e. The minimum absolute atomic E-state index is 0.0791. The van der Waals surface area contributed by atoms with Crippen molar-refractivity contribution in [1.29, 1.82) is 0 Å². The number of aryl methyl sites for hydroxylation is 1. The number of nitrogens with zero attached hydrogens (tertiary/aromatic N) is 3. The van der Waals surface area contributed by atoms with E-state index in [4.69, 9.17) is 0 Å². The first-order chi connectivity index (χ1) is 10.6. The first kappa shape index (κ1) is 14.6. The van der Waals surface area contributed by atoms with E-state index in [0.717, 1.165) is 21.8 Å². The molecule has 22 heavy (non-hydrogen) atoms. The van der Waals surface area contributed by atoms with Crippen LogP contribution >= 0.6 is 11.8 Å². The number of rotatable bonds is 4. The summed E-state index contributed by atoms with van der Waals surface area (Å²) >= 11 is 1.60. The Labute approximate surface area is 132 Å². The van der Waals surface area contributed by atoms with Crippen LogP contribution < -0.4 is 0 Å². The molecule has 0 spiro atoms. The average Bonchev–Trinajstić information content (AvgIpc) is 2.84. The van der Waals surface area contributed by atoms with Crippen molar-refractivity contribution in [3.8, 4) is 0 Å². The van der Waals surface area contributed by atoms with Crippen LogP contribution in [0.4, 0.5) is 5.69 Å². The normalized spacial score (nSPS) is 12.5. The van der Waals surface area contributed by atoms with Gasteiger partial charge in [-0.05, 0) is 24.6 Å².